The van der Waals surface area contributed by atoms with Crippen molar-refractivity contribution in [2.24, 2.45) is 11.8 Å². The quantitative estimate of drug-likeness (QED) is 0.406. The second-order valence-electron chi connectivity index (χ2n) is 10.6. The predicted octanol–water partition coefficient (Wildman–Crippen LogP) is 5.66. The molecule has 1 aliphatic rings. The molecule has 1 aromatic carbocycles. The van der Waals surface area contributed by atoms with Gasteiger partial charge in [0, 0.05) is 25.5 Å². The zero-order chi connectivity index (χ0) is 26.6. The Bertz CT molecular complexity index is 1160. The van der Waals surface area contributed by atoms with Crippen LogP contribution in [0.4, 0.5) is 11.4 Å². The number of hydrogen-bond donors (Lipinski definition) is 0. The first-order valence-corrected chi connectivity index (χ1v) is 14.9. The third-order valence-electron chi connectivity index (χ3n) is 7.52. The van der Waals surface area contributed by atoms with Crippen LogP contribution in [0.1, 0.15) is 82.3 Å². The van der Waals surface area contributed by atoms with Crippen LogP contribution in [0, 0.1) is 11.8 Å². The molecule has 0 saturated heterocycles. The number of hydrogen-bond acceptors (Lipinski definition) is 5. The molecule has 4 atom stereocenters. The van der Waals surface area contributed by atoms with Crippen molar-refractivity contribution in [2.45, 2.75) is 72.3 Å². The fourth-order valence-corrected chi connectivity index (χ4v) is 5.76. The van der Waals surface area contributed by atoms with Gasteiger partial charge in [-0.25, -0.2) is 8.42 Å². The van der Waals surface area contributed by atoms with E-state index < -0.39 is 9.84 Å². The normalized spacial score (nSPS) is 18.4. The number of carbonyl (C=O) groups excluding carboxylic acids is 2. The van der Waals surface area contributed by atoms with E-state index in [-0.39, 0.29) is 35.3 Å². The van der Waals surface area contributed by atoms with E-state index >= 15 is 0 Å². The Morgan fingerprint density at radius 3 is 2.36 bits per heavy atom. The van der Waals surface area contributed by atoms with Gasteiger partial charge in [-0.05, 0) is 80.2 Å². The summed E-state index contributed by atoms with van der Waals surface area (Å²) >= 11 is 0. The number of benzene rings is 1. The van der Waals surface area contributed by atoms with Gasteiger partial charge in [0.15, 0.2) is 5.76 Å². The van der Waals surface area contributed by atoms with Crippen LogP contribution in [0.5, 0.6) is 0 Å². The van der Waals surface area contributed by atoms with E-state index in [1.165, 1.54) is 12.5 Å². The maximum absolute atomic E-state index is 13.3. The zero-order valence-electron chi connectivity index (χ0n) is 22.4. The third-order valence-corrected chi connectivity index (χ3v) is 8.55. The van der Waals surface area contributed by atoms with Crippen molar-refractivity contribution in [1.82, 2.24) is 0 Å². The van der Waals surface area contributed by atoms with Gasteiger partial charge in [-0.1, -0.05) is 26.8 Å². The fraction of sp³-hybridized carbons (Fsp3) is 0.571. The molecule has 0 saturated carbocycles. The number of amides is 2. The Morgan fingerprint density at radius 2 is 1.75 bits per heavy atom. The van der Waals surface area contributed by atoms with Crippen LogP contribution in [0.25, 0.3) is 0 Å². The van der Waals surface area contributed by atoms with Crippen LogP contribution in [0.3, 0.4) is 0 Å². The minimum atomic E-state index is -2.91. The maximum Gasteiger partial charge on any atom is 0.294 e. The summed E-state index contributed by atoms with van der Waals surface area (Å²) in [4.78, 5) is 29.2. The molecule has 1 aliphatic heterocycles. The number of sulfone groups is 1. The van der Waals surface area contributed by atoms with E-state index in [4.69, 9.17) is 4.42 Å². The van der Waals surface area contributed by atoms with Gasteiger partial charge in [-0.3, -0.25) is 9.59 Å². The molecule has 0 aliphatic carbocycles. The van der Waals surface area contributed by atoms with Gasteiger partial charge < -0.3 is 14.2 Å². The van der Waals surface area contributed by atoms with Crippen LogP contribution in [0.2, 0.25) is 0 Å². The Hall–Kier alpha value is -2.61. The summed E-state index contributed by atoms with van der Waals surface area (Å²) in [6, 6.07) is 9.27. The predicted molar refractivity (Wildman–Crippen MR) is 144 cm³/mol. The van der Waals surface area contributed by atoms with E-state index in [2.05, 4.69) is 26.8 Å². The molecule has 3 unspecified atom stereocenters. The number of rotatable bonds is 10. The molecule has 0 N–H and O–H groups in total. The molecular weight excluding hydrogens is 476 g/mol. The number of nitrogens with zero attached hydrogens (tertiary/aromatic N) is 2. The van der Waals surface area contributed by atoms with Crippen LogP contribution in [-0.4, -0.2) is 44.8 Å². The number of furan rings is 1. The molecule has 1 aromatic heterocycles. The summed E-state index contributed by atoms with van der Waals surface area (Å²) in [5, 5.41) is 0. The Balaban J connectivity index is 1.75. The number of fused-ring (bicyclic) bond motifs is 1. The molecule has 2 aromatic rings. The minimum Gasteiger partial charge on any atom is -0.459 e. The molecule has 36 heavy (non-hydrogen) atoms. The Labute approximate surface area is 215 Å². The van der Waals surface area contributed by atoms with Crippen molar-refractivity contribution >= 4 is 33.0 Å². The third kappa shape index (κ3) is 6.78. The lowest BCUT2D eigenvalue weighted by Crippen LogP contribution is -2.51. The summed E-state index contributed by atoms with van der Waals surface area (Å²) in [6.07, 6.45) is 6.41. The van der Waals surface area contributed by atoms with Crippen molar-refractivity contribution < 1.29 is 22.4 Å². The fourth-order valence-electron chi connectivity index (χ4n) is 5.07. The van der Waals surface area contributed by atoms with E-state index in [1.54, 1.807) is 28.9 Å². The van der Waals surface area contributed by atoms with Crippen molar-refractivity contribution in [3.8, 4) is 0 Å². The molecule has 2 amide bonds. The highest BCUT2D eigenvalue weighted by Crippen LogP contribution is 2.39. The first-order valence-electron chi connectivity index (χ1n) is 12.9. The first kappa shape index (κ1) is 28.0. The van der Waals surface area contributed by atoms with Gasteiger partial charge in [-0.15, -0.1) is 0 Å². The van der Waals surface area contributed by atoms with E-state index in [0.717, 1.165) is 36.2 Å². The minimum absolute atomic E-state index is 0.0478. The molecule has 0 fully saturated rings. The average molecular weight is 517 g/mol. The second-order valence-corrected chi connectivity index (χ2v) is 12.8. The van der Waals surface area contributed by atoms with Crippen molar-refractivity contribution in [3.05, 3.63) is 47.9 Å². The van der Waals surface area contributed by atoms with Crippen molar-refractivity contribution in [2.75, 3.05) is 28.4 Å². The first-order chi connectivity index (χ1) is 16.9. The average Bonchev–Trinajstić information content (AvgIpc) is 3.34. The zero-order valence-corrected chi connectivity index (χ0v) is 23.2. The topological polar surface area (TPSA) is 87.9 Å². The summed E-state index contributed by atoms with van der Waals surface area (Å²) in [6.45, 7) is 10.5. The van der Waals surface area contributed by atoms with Gasteiger partial charge in [0.25, 0.3) is 5.91 Å². The lowest BCUT2D eigenvalue weighted by molar-refractivity contribution is -0.117. The highest BCUT2D eigenvalue weighted by molar-refractivity contribution is 7.90. The maximum atomic E-state index is 13.3. The molecule has 0 bridgehead atoms. The van der Waals surface area contributed by atoms with Crippen LogP contribution < -0.4 is 9.80 Å². The van der Waals surface area contributed by atoms with E-state index in [9.17, 15) is 18.0 Å². The largest absolute Gasteiger partial charge is 0.459 e. The highest BCUT2D eigenvalue weighted by Gasteiger charge is 2.35. The van der Waals surface area contributed by atoms with Gasteiger partial charge in [0.1, 0.15) is 9.84 Å². The molecule has 2 heterocycles. The van der Waals surface area contributed by atoms with Crippen LogP contribution in [-0.2, 0) is 14.6 Å². The molecular formula is C28H40N2O5S. The van der Waals surface area contributed by atoms with Gasteiger partial charge >= 0.3 is 0 Å². The number of carbonyl (C=O) groups is 2. The van der Waals surface area contributed by atoms with Gasteiger partial charge in [0.2, 0.25) is 5.91 Å². The summed E-state index contributed by atoms with van der Waals surface area (Å²) in [5.74, 6) is 1.48. The lowest BCUT2D eigenvalue weighted by Gasteiger charge is -2.41. The Kier molecular flexibility index (Phi) is 9.03. The number of anilines is 2. The monoisotopic (exact) mass is 516 g/mol. The lowest BCUT2D eigenvalue weighted by atomic mass is 9.84. The molecule has 0 radical (unpaired) electrons. The van der Waals surface area contributed by atoms with Gasteiger partial charge in [-0.2, -0.15) is 0 Å². The van der Waals surface area contributed by atoms with E-state index in [0.29, 0.717) is 24.8 Å². The molecule has 8 heteroatoms. The molecule has 7 nitrogen and oxygen atoms in total. The standard InChI is InChI=1S/C28H40N2O5S/c1-19(9-8-16-36(6,33)34)20(2)11-12-21(3)24-13-14-25-26(17-24)29(18-22(4)30(25)23(5)31)28(32)27-10-7-15-35-27/h7,10,13-15,17,19-22H,8-9,11-12,16,18H2,1-6H3/t19?,20?,21?,22-/m0/s1. The van der Waals surface area contributed by atoms with Crippen LogP contribution >= 0.6 is 0 Å². The molecule has 3 rings (SSSR count). The van der Waals surface area contributed by atoms with Crippen LogP contribution in [0.15, 0.2) is 41.0 Å². The van der Waals surface area contributed by atoms with E-state index in [1.807, 2.05) is 19.1 Å². The smallest absolute Gasteiger partial charge is 0.294 e. The van der Waals surface area contributed by atoms with Gasteiger partial charge in [0.05, 0.1) is 23.7 Å². The molecule has 0 spiro atoms. The SMILES string of the molecule is CC(=O)N1c2ccc(C(C)CCC(C)C(C)CCCS(C)(=O)=O)cc2N(C(=O)c2ccco2)C[C@@H]1C. The van der Waals surface area contributed by atoms with Crippen molar-refractivity contribution in [3.63, 3.8) is 0 Å². The summed E-state index contributed by atoms with van der Waals surface area (Å²) < 4.78 is 28.2. The Morgan fingerprint density at radius 1 is 1.06 bits per heavy atom. The van der Waals surface area contributed by atoms with Crippen molar-refractivity contribution in [1.29, 1.82) is 0 Å². The molecule has 198 valence electrons. The highest BCUT2D eigenvalue weighted by atomic mass is 32.2. The summed E-state index contributed by atoms with van der Waals surface area (Å²) in [5.41, 5.74) is 2.60. The summed E-state index contributed by atoms with van der Waals surface area (Å²) in [7, 11) is -2.91. The second kappa shape index (κ2) is 11.6.